The van der Waals surface area contributed by atoms with Gasteiger partial charge in [0.05, 0.1) is 6.10 Å². The molecule has 2 unspecified atom stereocenters. The van der Waals surface area contributed by atoms with Gasteiger partial charge >= 0.3 is 0 Å². The molecule has 0 saturated carbocycles. The Balaban J connectivity index is 2.31. The molecule has 1 saturated heterocycles. The first kappa shape index (κ1) is 15.9. The zero-order chi connectivity index (χ0) is 14.9. The predicted octanol–water partition coefficient (Wildman–Crippen LogP) is 1.49. The van der Waals surface area contributed by atoms with E-state index in [9.17, 15) is 8.42 Å². The molecule has 1 aliphatic rings. The number of hydrogen-bond acceptors (Lipinski definition) is 5. The van der Waals surface area contributed by atoms with Gasteiger partial charge in [0, 0.05) is 31.1 Å². The van der Waals surface area contributed by atoms with Crippen LogP contribution in [-0.2, 0) is 14.8 Å². The minimum Gasteiger partial charge on any atom is -0.381 e. The van der Waals surface area contributed by atoms with E-state index >= 15 is 0 Å². The largest absolute Gasteiger partial charge is 0.381 e. The summed E-state index contributed by atoms with van der Waals surface area (Å²) in [5, 5.41) is 0. The molecular formula is C13H22N2O3S2. The average molecular weight is 318 g/mol. The number of rotatable bonds is 4. The van der Waals surface area contributed by atoms with E-state index in [1.807, 2.05) is 19.9 Å². The number of nitrogens with zero attached hydrogens (tertiary/aromatic N) is 1. The summed E-state index contributed by atoms with van der Waals surface area (Å²) in [7, 11) is -1.79. The molecular weight excluding hydrogens is 296 g/mol. The molecule has 7 heteroatoms. The minimum atomic E-state index is -3.45. The average Bonchev–Trinajstić information content (AvgIpc) is 2.77. The van der Waals surface area contributed by atoms with Crippen LogP contribution in [0.5, 0.6) is 0 Å². The summed E-state index contributed by atoms with van der Waals surface area (Å²) in [4.78, 5) is 1.01. The molecule has 2 N–H and O–H groups in total. The number of aryl methyl sites for hydroxylation is 2. The molecule has 2 heterocycles. The Morgan fingerprint density at radius 3 is 2.70 bits per heavy atom. The van der Waals surface area contributed by atoms with E-state index in [2.05, 4.69) is 0 Å². The van der Waals surface area contributed by atoms with Crippen molar-refractivity contribution in [1.29, 1.82) is 0 Å². The zero-order valence-corrected chi connectivity index (χ0v) is 13.8. The zero-order valence-electron chi connectivity index (χ0n) is 12.1. The molecule has 1 aromatic heterocycles. The maximum atomic E-state index is 12.8. The van der Waals surface area contributed by atoms with E-state index in [1.54, 1.807) is 11.4 Å². The fourth-order valence-electron chi connectivity index (χ4n) is 2.72. The van der Waals surface area contributed by atoms with Crippen molar-refractivity contribution < 1.29 is 13.2 Å². The lowest BCUT2D eigenvalue weighted by atomic mass is 10.0. The van der Waals surface area contributed by atoms with E-state index in [1.165, 1.54) is 11.3 Å². The van der Waals surface area contributed by atoms with Crippen LogP contribution in [0.4, 0.5) is 0 Å². The van der Waals surface area contributed by atoms with E-state index in [0.29, 0.717) is 23.7 Å². The first-order valence-electron chi connectivity index (χ1n) is 6.72. The van der Waals surface area contributed by atoms with Crippen molar-refractivity contribution in [2.75, 3.05) is 20.2 Å². The van der Waals surface area contributed by atoms with Crippen LogP contribution in [-0.4, -0.2) is 45.1 Å². The fourth-order valence-corrected chi connectivity index (χ4v) is 6.16. The summed E-state index contributed by atoms with van der Waals surface area (Å²) in [5.74, 6) is 0. The third kappa shape index (κ3) is 2.92. The first-order valence-corrected chi connectivity index (χ1v) is 8.97. The van der Waals surface area contributed by atoms with Gasteiger partial charge in [-0.3, -0.25) is 0 Å². The summed E-state index contributed by atoms with van der Waals surface area (Å²) in [5.41, 5.74) is 6.59. The van der Waals surface area contributed by atoms with Gasteiger partial charge in [-0.2, -0.15) is 4.31 Å². The SMILES string of the molecule is COC1CCN(S(=O)(=O)c2sc(C)cc2C)C(CN)C1. The van der Waals surface area contributed by atoms with Gasteiger partial charge in [0.2, 0.25) is 0 Å². The second-order valence-electron chi connectivity index (χ2n) is 5.21. The number of ether oxygens (including phenoxy) is 1. The van der Waals surface area contributed by atoms with Crippen LogP contribution in [0.3, 0.4) is 0 Å². The summed E-state index contributed by atoms with van der Waals surface area (Å²) < 4.78 is 33.0. The van der Waals surface area contributed by atoms with Crippen molar-refractivity contribution in [3.8, 4) is 0 Å². The molecule has 1 aliphatic heterocycles. The van der Waals surface area contributed by atoms with Gasteiger partial charge in [-0.25, -0.2) is 8.42 Å². The van der Waals surface area contributed by atoms with Crippen LogP contribution in [0.2, 0.25) is 0 Å². The van der Waals surface area contributed by atoms with Crippen LogP contribution in [0.25, 0.3) is 0 Å². The monoisotopic (exact) mass is 318 g/mol. The molecule has 0 bridgehead atoms. The number of piperidine rings is 1. The number of hydrogen-bond donors (Lipinski definition) is 1. The van der Waals surface area contributed by atoms with Gasteiger partial charge in [0.15, 0.2) is 0 Å². The van der Waals surface area contributed by atoms with Crippen LogP contribution in [0.1, 0.15) is 23.3 Å². The number of methoxy groups -OCH3 is 1. The topological polar surface area (TPSA) is 72.6 Å². The number of thiophene rings is 1. The predicted molar refractivity (Wildman–Crippen MR) is 80.6 cm³/mol. The van der Waals surface area contributed by atoms with Gasteiger partial charge in [-0.05, 0) is 38.3 Å². The maximum Gasteiger partial charge on any atom is 0.253 e. The highest BCUT2D eigenvalue weighted by atomic mass is 32.2. The Labute approximate surface area is 124 Å². The van der Waals surface area contributed by atoms with E-state index in [4.69, 9.17) is 10.5 Å². The van der Waals surface area contributed by atoms with Crippen LogP contribution in [0, 0.1) is 13.8 Å². The molecule has 0 aromatic carbocycles. The Kier molecular flexibility index (Phi) is 4.86. The Morgan fingerprint density at radius 2 is 2.20 bits per heavy atom. The molecule has 2 rings (SSSR count). The molecule has 20 heavy (non-hydrogen) atoms. The molecule has 0 radical (unpaired) electrons. The van der Waals surface area contributed by atoms with Crippen molar-refractivity contribution >= 4 is 21.4 Å². The van der Waals surface area contributed by atoms with E-state index in [0.717, 1.165) is 16.9 Å². The summed E-state index contributed by atoms with van der Waals surface area (Å²) >= 11 is 1.33. The second-order valence-corrected chi connectivity index (χ2v) is 8.56. The third-order valence-corrected chi connectivity index (χ3v) is 7.48. The van der Waals surface area contributed by atoms with Crippen LogP contribution >= 0.6 is 11.3 Å². The normalized spacial score (nSPS) is 25.0. The Hall–Kier alpha value is -0.470. The summed E-state index contributed by atoms with van der Waals surface area (Å²) in [6, 6.07) is 1.73. The maximum absolute atomic E-state index is 12.8. The highest BCUT2D eigenvalue weighted by molar-refractivity contribution is 7.91. The first-order chi connectivity index (χ1) is 9.40. The highest BCUT2D eigenvalue weighted by Gasteiger charge is 2.37. The lowest BCUT2D eigenvalue weighted by Gasteiger charge is -2.37. The van der Waals surface area contributed by atoms with Gasteiger partial charge < -0.3 is 10.5 Å². The molecule has 1 aromatic rings. The molecule has 0 spiro atoms. The van der Waals surface area contributed by atoms with Crippen molar-refractivity contribution in [1.82, 2.24) is 4.31 Å². The standard InChI is InChI=1S/C13H22N2O3S2/c1-9-6-10(2)19-13(9)20(16,17)15-5-4-12(18-3)7-11(15)8-14/h6,11-12H,4-5,7-8,14H2,1-3H3. The minimum absolute atomic E-state index is 0.0983. The summed E-state index contributed by atoms with van der Waals surface area (Å²) in [6.07, 6.45) is 1.48. The third-order valence-electron chi connectivity index (χ3n) is 3.76. The van der Waals surface area contributed by atoms with Gasteiger partial charge in [0.25, 0.3) is 10.0 Å². The van der Waals surface area contributed by atoms with Crippen LogP contribution < -0.4 is 5.73 Å². The van der Waals surface area contributed by atoms with E-state index < -0.39 is 10.0 Å². The highest BCUT2D eigenvalue weighted by Crippen LogP contribution is 2.32. The van der Waals surface area contributed by atoms with Crippen molar-refractivity contribution in [2.24, 2.45) is 5.73 Å². The summed E-state index contributed by atoms with van der Waals surface area (Å²) in [6.45, 7) is 4.56. The number of nitrogens with two attached hydrogens (primary N) is 1. The second kappa shape index (κ2) is 6.11. The van der Waals surface area contributed by atoms with Crippen molar-refractivity contribution in [2.45, 2.75) is 43.0 Å². The lowest BCUT2D eigenvalue weighted by Crippen LogP contribution is -2.50. The molecule has 5 nitrogen and oxygen atoms in total. The van der Waals surface area contributed by atoms with Crippen molar-refractivity contribution in [3.05, 3.63) is 16.5 Å². The molecule has 2 atom stereocenters. The Bertz CT molecular complexity index is 568. The molecule has 0 aliphatic carbocycles. The van der Waals surface area contributed by atoms with Crippen molar-refractivity contribution in [3.63, 3.8) is 0 Å². The van der Waals surface area contributed by atoms with Gasteiger partial charge in [-0.1, -0.05) is 0 Å². The van der Waals surface area contributed by atoms with Gasteiger partial charge in [-0.15, -0.1) is 11.3 Å². The fraction of sp³-hybridized carbons (Fsp3) is 0.692. The smallest absolute Gasteiger partial charge is 0.253 e. The van der Waals surface area contributed by atoms with E-state index in [-0.39, 0.29) is 12.1 Å². The van der Waals surface area contributed by atoms with Crippen LogP contribution in [0.15, 0.2) is 10.3 Å². The Morgan fingerprint density at radius 1 is 1.50 bits per heavy atom. The molecule has 1 fully saturated rings. The molecule has 0 amide bonds. The lowest BCUT2D eigenvalue weighted by molar-refractivity contribution is 0.0402. The molecule has 114 valence electrons. The van der Waals surface area contributed by atoms with Gasteiger partial charge in [0.1, 0.15) is 4.21 Å². The number of sulfonamides is 1. The quantitative estimate of drug-likeness (QED) is 0.913.